The lowest BCUT2D eigenvalue weighted by atomic mass is 9.99. The van der Waals surface area contributed by atoms with E-state index in [1.54, 1.807) is 30.3 Å². The summed E-state index contributed by atoms with van der Waals surface area (Å²) in [4.78, 5) is 12.4. The molecule has 2 rings (SSSR count). The molecule has 0 aliphatic carbocycles. The molecule has 0 saturated carbocycles. The van der Waals surface area contributed by atoms with Crippen LogP contribution in [0.2, 0.25) is 5.02 Å². The summed E-state index contributed by atoms with van der Waals surface area (Å²) in [5, 5.41) is 10.3. The van der Waals surface area contributed by atoms with Gasteiger partial charge in [0, 0.05) is 5.56 Å². The van der Waals surface area contributed by atoms with Gasteiger partial charge < -0.3 is 14.6 Å². The lowest BCUT2D eigenvalue weighted by Gasteiger charge is -2.17. The maximum absolute atomic E-state index is 12.4. The van der Waals surface area contributed by atoms with E-state index in [1.807, 2.05) is 0 Å². The topological polar surface area (TPSA) is 65.0 Å². The van der Waals surface area contributed by atoms with Gasteiger partial charge in [0.1, 0.15) is 12.7 Å². The number of ether oxygens (including phenoxy) is 3. The third-order valence-corrected chi connectivity index (χ3v) is 3.75. The molecule has 0 saturated heterocycles. The molecule has 0 aliphatic heterocycles. The van der Waals surface area contributed by atoms with E-state index in [2.05, 4.69) is 4.74 Å². The SMILES string of the molecule is COc1cc(C(O)C(=O)c2ccccc2)cc(Cl)c1OCCOC(F)(F)F. The fourth-order valence-corrected chi connectivity index (χ4v) is 2.52. The molecule has 0 aliphatic rings. The van der Waals surface area contributed by atoms with Crippen LogP contribution in [-0.4, -0.2) is 37.6 Å². The van der Waals surface area contributed by atoms with Gasteiger partial charge in [0.15, 0.2) is 17.3 Å². The number of aliphatic hydroxyl groups excluding tert-OH is 1. The Balaban J connectivity index is 2.16. The van der Waals surface area contributed by atoms with Crippen LogP contribution in [0.5, 0.6) is 11.5 Å². The van der Waals surface area contributed by atoms with Gasteiger partial charge in [-0.05, 0) is 17.7 Å². The monoisotopic (exact) mass is 404 g/mol. The Kier molecular flexibility index (Phi) is 7.06. The predicted octanol–water partition coefficient (Wildman–Crippen LogP) is 4.18. The molecule has 0 radical (unpaired) electrons. The average Bonchev–Trinajstić information content (AvgIpc) is 2.64. The summed E-state index contributed by atoms with van der Waals surface area (Å²) in [5.74, 6) is -0.501. The normalized spacial score (nSPS) is 12.5. The van der Waals surface area contributed by atoms with Gasteiger partial charge >= 0.3 is 6.36 Å². The van der Waals surface area contributed by atoms with Crippen molar-refractivity contribution in [1.29, 1.82) is 0 Å². The summed E-state index contributed by atoms with van der Waals surface area (Å²) < 4.78 is 49.8. The third kappa shape index (κ3) is 5.85. The minimum atomic E-state index is -4.76. The van der Waals surface area contributed by atoms with Crippen molar-refractivity contribution < 1.29 is 37.3 Å². The Morgan fingerprint density at radius 2 is 1.85 bits per heavy atom. The summed E-state index contributed by atoms with van der Waals surface area (Å²) in [6.07, 6.45) is -6.26. The molecule has 2 aromatic carbocycles. The van der Waals surface area contributed by atoms with E-state index < -0.39 is 31.5 Å². The first-order valence-electron chi connectivity index (χ1n) is 7.71. The van der Waals surface area contributed by atoms with Crippen LogP contribution in [0.15, 0.2) is 42.5 Å². The molecule has 1 unspecified atom stereocenters. The number of rotatable bonds is 8. The number of carbonyl (C=O) groups is 1. The molecule has 27 heavy (non-hydrogen) atoms. The highest BCUT2D eigenvalue weighted by molar-refractivity contribution is 6.32. The summed E-state index contributed by atoms with van der Waals surface area (Å²) in [6.45, 7) is -1.17. The summed E-state index contributed by atoms with van der Waals surface area (Å²) in [5.41, 5.74) is 0.467. The molecule has 0 spiro atoms. The average molecular weight is 405 g/mol. The quantitative estimate of drug-likeness (QED) is 0.528. The van der Waals surface area contributed by atoms with Gasteiger partial charge in [-0.2, -0.15) is 0 Å². The van der Waals surface area contributed by atoms with Crippen LogP contribution < -0.4 is 9.47 Å². The van der Waals surface area contributed by atoms with Crippen molar-refractivity contribution in [3.8, 4) is 11.5 Å². The number of alkyl halides is 3. The van der Waals surface area contributed by atoms with Crippen molar-refractivity contribution in [1.82, 2.24) is 0 Å². The number of aliphatic hydroxyl groups is 1. The minimum Gasteiger partial charge on any atom is -0.493 e. The van der Waals surface area contributed by atoms with Crippen molar-refractivity contribution in [3.05, 3.63) is 58.6 Å². The van der Waals surface area contributed by atoms with E-state index in [1.165, 1.54) is 19.2 Å². The Bertz CT molecular complexity index is 781. The number of Topliss-reactive ketones (excluding diaryl/α,β-unsaturated/α-hetero) is 1. The molecule has 0 fully saturated rings. The molecular formula is C18H16ClF3O5. The first-order valence-corrected chi connectivity index (χ1v) is 8.09. The van der Waals surface area contributed by atoms with Crippen LogP contribution >= 0.6 is 11.6 Å². The Morgan fingerprint density at radius 3 is 2.44 bits per heavy atom. The molecule has 0 heterocycles. The molecule has 146 valence electrons. The highest BCUT2D eigenvalue weighted by Gasteiger charge is 2.29. The zero-order valence-electron chi connectivity index (χ0n) is 14.1. The van der Waals surface area contributed by atoms with Crippen LogP contribution in [0.1, 0.15) is 22.0 Å². The van der Waals surface area contributed by atoms with Crippen LogP contribution in [0.25, 0.3) is 0 Å². The van der Waals surface area contributed by atoms with Crippen LogP contribution in [0, 0.1) is 0 Å². The zero-order chi connectivity index (χ0) is 20.0. The van der Waals surface area contributed by atoms with Gasteiger partial charge in [0.05, 0.1) is 18.7 Å². The molecule has 9 heteroatoms. The summed E-state index contributed by atoms with van der Waals surface area (Å²) in [7, 11) is 1.29. The van der Waals surface area contributed by atoms with Gasteiger partial charge in [-0.25, -0.2) is 0 Å². The second kappa shape index (κ2) is 9.07. The number of carbonyl (C=O) groups excluding carboxylic acids is 1. The fourth-order valence-electron chi connectivity index (χ4n) is 2.25. The number of hydrogen-bond donors (Lipinski definition) is 1. The van der Waals surface area contributed by atoms with E-state index in [-0.39, 0.29) is 22.1 Å². The second-order valence-electron chi connectivity index (χ2n) is 5.31. The first-order chi connectivity index (χ1) is 12.7. The lowest BCUT2D eigenvalue weighted by molar-refractivity contribution is -0.325. The van der Waals surface area contributed by atoms with Gasteiger partial charge in [-0.1, -0.05) is 41.9 Å². The van der Waals surface area contributed by atoms with Crippen LogP contribution in [-0.2, 0) is 4.74 Å². The maximum atomic E-state index is 12.4. The van der Waals surface area contributed by atoms with E-state index in [4.69, 9.17) is 21.1 Å². The van der Waals surface area contributed by atoms with Gasteiger partial charge in [0.2, 0.25) is 0 Å². The van der Waals surface area contributed by atoms with Crippen molar-refractivity contribution in [2.45, 2.75) is 12.5 Å². The van der Waals surface area contributed by atoms with Gasteiger partial charge in [-0.15, -0.1) is 13.2 Å². The van der Waals surface area contributed by atoms with Crippen molar-refractivity contribution in [2.24, 2.45) is 0 Å². The highest BCUT2D eigenvalue weighted by atomic mass is 35.5. The van der Waals surface area contributed by atoms with Crippen molar-refractivity contribution >= 4 is 17.4 Å². The Hall–Kier alpha value is -2.29. The molecule has 0 amide bonds. The van der Waals surface area contributed by atoms with Crippen LogP contribution in [0.4, 0.5) is 13.2 Å². The number of benzene rings is 2. The van der Waals surface area contributed by atoms with Gasteiger partial charge in [-0.3, -0.25) is 9.53 Å². The van der Waals surface area contributed by atoms with E-state index in [0.29, 0.717) is 5.56 Å². The summed E-state index contributed by atoms with van der Waals surface area (Å²) in [6, 6.07) is 10.8. The molecule has 1 atom stereocenters. The molecule has 5 nitrogen and oxygen atoms in total. The lowest BCUT2D eigenvalue weighted by Crippen LogP contribution is -2.18. The third-order valence-electron chi connectivity index (χ3n) is 3.47. The predicted molar refractivity (Wildman–Crippen MR) is 91.2 cm³/mol. The highest BCUT2D eigenvalue weighted by Crippen LogP contribution is 2.38. The Labute approximate surface area is 158 Å². The molecule has 1 N–H and O–H groups in total. The fraction of sp³-hybridized carbons (Fsp3) is 0.278. The zero-order valence-corrected chi connectivity index (χ0v) is 14.9. The number of ketones is 1. The first kappa shape index (κ1) is 21.0. The van der Waals surface area contributed by atoms with Crippen molar-refractivity contribution in [3.63, 3.8) is 0 Å². The smallest absolute Gasteiger partial charge is 0.493 e. The largest absolute Gasteiger partial charge is 0.522 e. The molecule has 0 aromatic heterocycles. The van der Waals surface area contributed by atoms with Gasteiger partial charge in [0.25, 0.3) is 0 Å². The van der Waals surface area contributed by atoms with Crippen molar-refractivity contribution in [2.75, 3.05) is 20.3 Å². The maximum Gasteiger partial charge on any atom is 0.522 e. The summed E-state index contributed by atoms with van der Waals surface area (Å²) >= 11 is 6.09. The minimum absolute atomic E-state index is 0.0203. The standard InChI is InChI=1S/C18H16ClF3O5/c1-25-14-10-12(16(24)15(23)11-5-3-2-4-6-11)9-13(19)17(14)26-7-8-27-18(20,21)22/h2-6,9-10,16,24H,7-8H2,1H3. The molecule has 2 aromatic rings. The van der Waals surface area contributed by atoms with E-state index in [0.717, 1.165) is 0 Å². The Morgan fingerprint density at radius 1 is 1.19 bits per heavy atom. The number of hydrogen-bond acceptors (Lipinski definition) is 5. The van der Waals surface area contributed by atoms with E-state index >= 15 is 0 Å². The molecule has 0 bridgehead atoms. The molecular weight excluding hydrogens is 389 g/mol. The number of halogens is 4. The van der Waals surface area contributed by atoms with Crippen LogP contribution in [0.3, 0.4) is 0 Å². The second-order valence-corrected chi connectivity index (χ2v) is 5.72. The number of methoxy groups -OCH3 is 1. The van der Waals surface area contributed by atoms with E-state index in [9.17, 15) is 23.1 Å².